The van der Waals surface area contributed by atoms with Gasteiger partial charge < -0.3 is 14.6 Å². The van der Waals surface area contributed by atoms with Crippen LogP contribution >= 0.6 is 0 Å². The predicted molar refractivity (Wildman–Crippen MR) is 167 cm³/mol. The molecule has 0 unspecified atom stereocenters. The summed E-state index contributed by atoms with van der Waals surface area (Å²) in [6.45, 7) is 4.50. The van der Waals surface area contributed by atoms with Gasteiger partial charge in [0.05, 0.1) is 47.4 Å². The molecule has 0 bridgehead atoms. The second kappa shape index (κ2) is 14.0. The highest BCUT2D eigenvalue weighted by Crippen LogP contribution is 2.30. The Morgan fingerprint density at radius 3 is 2.16 bits per heavy atom. The first-order valence-electron chi connectivity index (χ1n) is 15.1. The average Bonchev–Trinajstić information content (AvgIpc) is 3.62. The number of hydrogen-bond donors (Lipinski definition) is 1. The number of imide groups is 1. The van der Waals surface area contributed by atoms with Gasteiger partial charge >= 0.3 is 5.97 Å². The number of fused-ring (bicyclic) bond motifs is 1. The van der Waals surface area contributed by atoms with Crippen LogP contribution in [0.3, 0.4) is 0 Å². The van der Waals surface area contributed by atoms with Gasteiger partial charge in [0.1, 0.15) is 6.10 Å². The van der Waals surface area contributed by atoms with Crippen molar-refractivity contribution in [3.05, 3.63) is 95.6 Å². The molecule has 45 heavy (non-hydrogen) atoms. The summed E-state index contributed by atoms with van der Waals surface area (Å²) in [4.78, 5) is 39.7. The molecule has 1 fully saturated rings. The molecular formula is C34H38N2O8S. The fraction of sp³-hybridized carbons (Fsp3) is 0.382. The first-order chi connectivity index (χ1) is 21.5. The number of sulfonamides is 1. The second-order valence-electron chi connectivity index (χ2n) is 11.9. The summed E-state index contributed by atoms with van der Waals surface area (Å²) in [6, 6.07) is 21.5. The monoisotopic (exact) mass is 634 g/mol. The molecule has 1 N–H and O–H groups in total. The minimum atomic E-state index is -4.11. The van der Waals surface area contributed by atoms with Gasteiger partial charge in [-0.15, -0.1) is 0 Å². The zero-order chi connectivity index (χ0) is 32.1. The van der Waals surface area contributed by atoms with Crippen LogP contribution in [-0.2, 0) is 30.7 Å². The van der Waals surface area contributed by atoms with Crippen molar-refractivity contribution < 1.29 is 37.4 Å². The highest BCUT2D eigenvalue weighted by molar-refractivity contribution is 7.89. The molecule has 5 rings (SSSR count). The van der Waals surface area contributed by atoms with E-state index in [2.05, 4.69) is 0 Å². The van der Waals surface area contributed by atoms with E-state index in [1.165, 1.54) is 28.6 Å². The van der Waals surface area contributed by atoms with E-state index in [9.17, 15) is 27.9 Å². The van der Waals surface area contributed by atoms with Crippen LogP contribution in [0.4, 0.5) is 5.69 Å². The van der Waals surface area contributed by atoms with Crippen LogP contribution < -0.4 is 4.90 Å². The van der Waals surface area contributed by atoms with E-state index in [0.29, 0.717) is 37.2 Å². The molecule has 0 aromatic heterocycles. The van der Waals surface area contributed by atoms with Crippen molar-refractivity contribution in [1.82, 2.24) is 4.31 Å². The summed E-state index contributed by atoms with van der Waals surface area (Å²) in [5, 5.41) is 11.5. The van der Waals surface area contributed by atoms with Gasteiger partial charge in [0.2, 0.25) is 10.0 Å². The minimum absolute atomic E-state index is 0.0454. The lowest BCUT2D eigenvalue weighted by Crippen LogP contribution is -2.43. The first-order valence-corrected chi connectivity index (χ1v) is 16.6. The van der Waals surface area contributed by atoms with Crippen LogP contribution in [0.25, 0.3) is 0 Å². The lowest BCUT2D eigenvalue weighted by atomic mass is 9.90. The Bertz CT molecular complexity index is 1580. The fourth-order valence-corrected chi connectivity index (χ4v) is 7.31. The molecule has 11 heteroatoms. The van der Waals surface area contributed by atoms with Crippen LogP contribution in [0.5, 0.6) is 0 Å². The number of amides is 2. The molecule has 3 aromatic carbocycles. The molecule has 238 valence electrons. The van der Waals surface area contributed by atoms with E-state index >= 15 is 0 Å². The molecule has 2 amide bonds. The molecule has 2 heterocycles. The lowest BCUT2D eigenvalue weighted by Gasteiger charge is -2.30. The zero-order valence-corrected chi connectivity index (χ0v) is 26.2. The summed E-state index contributed by atoms with van der Waals surface area (Å²) >= 11 is 0. The Balaban J connectivity index is 1.35. The summed E-state index contributed by atoms with van der Waals surface area (Å²) in [6.07, 6.45) is -0.624. The summed E-state index contributed by atoms with van der Waals surface area (Å²) in [5.74, 6) is -2.08. The second-order valence-corrected chi connectivity index (χ2v) is 13.8. The first kappa shape index (κ1) is 32.5. The highest BCUT2D eigenvalue weighted by atomic mass is 32.2. The van der Waals surface area contributed by atoms with Crippen molar-refractivity contribution in [2.45, 2.75) is 50.2 Å². The summed E-state index contributed by atoms with van der Waals surface area (Å²) in [5.41, 5.74) is 1.74. The Morgan fingerprint density at radius 2 is 1.58 bits per heavy atom. The van der Waals surface area contributed by atoms with E-state index in [1.807, 2.05) is 44.2 Å². The van der Waals surface area contributed by atoms with E-state index in [4.69, 9.17) is 9.47 Å². The summed E-state index contributed by atoms with van der Waals surface area (Å²) in [7, 11) is -4.11. The van der Waals surface area contributed by atoms with Gasteiger partial charge in [-0.25, -0.2) is 13.3 Å². The van der Waals surface area contributed by atoms with Crippen LogP contribution in [-0.4, -0.2) is 74.1 Å². The number of nitrogens with zero attached hydrogens (tertiary/aromatic N) is 2. The number of carbonyl (C=O) groups excluding carboxylic acids is 3. The number of aliphatic hydroxyl groups excluding tert-OH is 1. The Morgan fingerprint density at radius 1 is 0.956 bits per heavy atom. The van der Waals surface area contributed by atoms with Gasteiger partial charge in [-0.1, -0.05) is 56.3 Å². The van der Waals surface area contributed by atoms with Crippen LogP contribution in [0.15, 0.2) is 83.8 Å². The molecule has 3 aromatic rings. The average molecular weight is 635 g/mol. The molecule has 0 aliphatic carbocycles. The maximum atomic E-state index is 13.9. The van der Waals surface area contributed by atoms with Crippen molar-refractivity contribution in [3.8, 4) is 0 Å². The number of aliphatic hydroxyl groups is 1. The third kappa shape index (κ3) is 7.50. The van der Waals surface area contributed by atoms with E-state index in [0.717, 1.165) is 10.5 Å². The quantitative estimate of drug-likeness (QED) is 0.220. The molecule has 3 atom stereocenters. The van der Waals surface area contributed by atoms with Crippen LogP contribution in [0.2, 0.25) is 0 Å². The number of benzene rings is 3. The Labute approximate surface area is 263 Å². The fourth-order valence-electron chi connectivity index (χ4n) is 5.69. The third-order valence-electron chi connectivity index (χ3n) is 7.99. The zero-order valence-electron chi connectivity index (χ0n) is 25.4. The molecule has 1 saturated heterocycles. The van der Waals surface area contributed by atoms with Gasteiger partial charge in [0.15, 0.2) is 0 Å². The van der Waals surface area contributed by atoms with Crippen molar-refractivity contribution in [3.63, 3.8) is 0 Å². The van der Waals surface area contributed by atoms with Crippen molar-refractivity contribution in [2.75, 3.05) is 31.2 Å². The minimum Gasteiger partial charge on any atom is -0.460 e. The number of hydrogen-bond acceptors (Lipinski definition) is 8. The number of anilines is 1. The molecule has 0 saturated carbocycles. The Hall–Kier alpha value is -3.90. The number of ether oxygens (including phenoxy) is 2. The molecule has 2 aliphatic heterocycles. The molecule has 10 nitrogen and oxygen atoms in total. The maximum Gasteiger partial charge on any atom is 0.306 e. The van der Waals surface area contributed by atoms with Crippen LogP contribution in [0.1, 0.15) is 53.0 Å². The van der Waals surface area contributed by atoms with E-state index in [-0.39, 0.29) is 42.1 Å². The molecule has 2 aliphatic rings. The van der Waals surface area contributed by atoms with Gasteiger partial charge in [0.25, 0.3) is 11.8 Å². The van der Waals surface area contributed by atoms with Gasteiger partial charge in [-0.05, 0) is 54.3 Å². The number of esters is 1. The normalized spacial score (nSPS) is 18.0. The van der Waals surface area contributed by atoms with Crippen LogP contribution in [0, 0.1) is 11.8 Å². The molecule has 0 spiro atoms. The van der Waals surface area contributed by atoms with Crippen molar-refractivity contribution >= 4 is 33.5 Å². The summed E-state index contributed by atoms with van der Waals surface area (Å²) < 4.78 is 40.0. The molecular weight excluding hydrogens is 596 g/mol. The smallest absolute Gasteiger partial charge is 0.306 e. The number of carbonyl (C=O) groups is 3. The van der Waals surface area contributed by atoms with Crippen molar-refractivity contribution in [1.29, 1.82) is 0 Å². The lowest BCUT2D eigenvalue weighted by molar-refractivity contribution is -0.151. The van der Waals surface area contributed by atoms with E-state index in [1.54, 1.807) is 24.3 Å². The standard InChI is InChI=1S/C34H38N2O8S/c1-23(2)20-35(21-31(37)25(18-24-8-4-3-5-9-24)19-32(38)44-27-16-17-43-22-27)45(41,42)28-14-12-26(13-15-28)36-33(39)29-10-6-7-11-30(29)34(36)40/h3-15,23,25,27,31,37H,16-22H2,1-2H3/t25-,27+,31-/m1/s1. The Kier molecular flexibility index (Phi) is 10.1. The largest absolute Gasteiger partial charge is 0.460 e. The van der Waals surface area contributed by atoms with Crippen molar-refractivity contribution in [2.24, 2.45) is 11.8 Å². The maximum absolute atomic E-state index is 13.9. The SMILES string of the molecule is CC(C)CN(C[C@@H](O)[C@@H](CC(=O)O[C@H]1CCOC1)Cc1ccccc1)S(=O)(=O)c1ccc(N2C(=O)c3ccccc3C2=O)cc1. The van der Waals surface area contributed by atoms with Gasteiger partial charge in [0, 0.05) is 25.4 Å². The van der Waals surface area contributed by atoms with E-state index < -0.39 is 39.8 Å². The van der Waals surface area contributed by atoms with Gasteiger partial charge in [-0.3, -0.25) is 14.4 Å². The third-order valence-corrected chi connectivity index (χ3v) is 9.83. The van der Waals surface area contributed by atoms with Gasteiger partial charge in [-0.2, -0.15) is 4.31 Å². The molecule has 0 radical (unpaired) electrons. The highest BCUT2D eigenvalue weighted by Gasteiger charge is 2.37. The predicted octanol–water partition coefficient (Wildman–Crippen LogP) is 4.08. The number of rotatable bonds is 13. The topological polar surface area (TPSA) is 131 Å².